The summed E-state index contributed by atoms with van der Waals surface area (Å²) < 4.78 is 39.1. The Labute approximate surface area is 191 Å². The van der Waals surface area contributed by atoms with Gasteiger partial charge in [0.25, 0.3) is 0 Å². The fourth-order valence-electron chi connectivity index (χ4n) is 2.40. The molecule has 0 radical (unpaired) electrons. The van der Waals surface area contributed by atoms with Gasteiger partial charge in [-0.1, -0.05) is 33.6 Å². The Bertz CT molecular complexity index is 1140. The van der Waals surface area contributed by atoms with Gasteiger partial charge in [0.2, 0.25) is 5.91 Å². The van der Waals surface area contributed by atoms with E-state index in [0.717, 1.165) is 23.5 Å². The van der Waals surface area contributed by atoms with Crippen LogP contribution in [0.2, 0.25) is 5.02 Å². The fraction of sp³-hybridized carbons (Fsp3) is 0.105. The van der Waals surface area contributed by atoms with E-state index in [2.05, 4.69) is 36.8 Å². The van der Waals surface area contributed by atoms with Gasteiger partial charge in [0.15, 0.2) is 5.13 Å². The van der Waals surface area contributed by atoms with Crippen molar-refractivity contribution in [3.8, 4) is 5.75 Å². The van der Waals surface area contributed by atoms with Gasteiger partial charge in [-0.15, -0.1) is 11.3 Å². The number of halogens is 5. The number of benzene rings is 2. The molecule has 6 nitrogen and oxygen atoms in total. The van der Waals surface area contributed by atoms with E-state index in [1.54, 1.807) is 11.4 Å². The number of anilines is 2. The molecule has 0 aliphatic carbocycles. The zero-order valence-corrected chi connectivity index (χ0v) is 18.5. The van der Waals surface area contributed by atoms with Gasteiger partial charge in [0, 0.05) is 21.1 Å². The van der Waals surface area contributed by atoms with Crippen molar-refractivity contribution >= 4 is 61.8 Å². The molecule has 0 bridgehead atoms. The van der Waals surface area contributed by atoms with Gasteiger partial charge in [0.05, 0.1) is 28.9 Å². The molecule has 1 aromatic heterocycles. The van der Waals surface area contributed by atoms with E-state index in [1.807, 2.05) is 0 Å². The first-order valence-corrected chi connectivity index (χ1v) is 10.6. The second-order valence-corrected chi connectivity index (χ2v) is 8.32. The summed E-state index contributed by atoms with van der Waals surface area (Å²) in [6.07, 6.45) is -3.29. The summed E-state index contributed by atoms with van der Waals surface area (Å²) in [5.74, 6) is -0.638. The van der Waals surface area contributed by atoms with Crippen LogP contribution in [0.15, 0.2) is 51.4 Å². The van der Waals surface area contributed by atoms with Gasteiger partial charge >= 0.3 is 6.18 Å². The maximum atomic E-state index is 12.8. The summed E-state index contributed by atoms with van der Waals surface area (Å²) in [5, 5.41) is 18.5. The van der Waals surface area contributed by atoms with Crippen LogP contribution in [0.5, 0.6) is 5.75 Å². The maximum Gasteiger partial charge on any atom is 0.416 e. The number of aromatic nitrogens is 1. The summed E-state index contributed by atoms with van der Waals surface area (Å²) in [6, 6.07) is 7.82. The van der Waals surface area contributed by atoms with Gasteiger partial charge in [-0.05, 0) is 30.3 Å². The Morgan fingerprint density at radius 3 is 2.84 bits per heavy atom. The van der Waals surface area contributed by atoms with Crippen LogP contribution in [0, 0.1) is 0 Å². The zero-order chi connectivity index (χ0) is 22.6. The van der Waals surface area contributed by atoms with Crippen molar-refractivity contribution in [2.75, 3.05) is 5.32 Å². The van der Waals surface area contributed by atoms with Crippen molar-refractivity contribution in [1.29, 1.82) is 0 Å². The highest BCUT2D eigenvalue weighted by Gasteiger charge is 2.30. The number of phenols is 1. The number of hydrogen-bond donors (Lipinski definition) is 3. The first-order chi connectivity index (χ1) is 14.6. The van der Waals surface area contributed by atoms with Crippen LogP contribution < -0.4 is 10.7 Å². The van der Waals surface area contributed by atoms with E-state index in [-0.39, 0.29) is 22.9 Å². The van der Waals surface area contributed by atoms with E-state index in [9.17, 15) is 23.1 Å². The number of carbonyl (C=O) groups is 1. The van der Waals surface area contributed by atoms with Gasteiger partial charge in [-0.25, -0.2) is 10.4 Å². The summed E-state index contributed by atoms with van der Waals surface area (Å²) in [4.78, 5) is 16.2. The standard InChI is InChI=1S/C19H13BrClF3N4O2S/c20-12-4-10(17(30)15(21)6-12)8-25-28-16(29)7-14-9-31-18(27-14)26-13-3-1-2-11(5-13)19(22,23)24/h1-6,8-9,30H,7H2,(H,26,27)(H,28,29)/b25-8-. The quantitative estimate of drug-likeness (QED) is 0.279. The lowest BCUT2D eigenvalue weighted by Gasteiger charge is -2.08. The summed E-state index contributed by atoms with van der Waals surface area (Å²) >= 11 is 10.3. The second-order valence-electron chi connectivity index (χ2n) is 6.14. The fourth-order valence-corrected chi connectivity index (χ4v) is 3.97. The average molecular weight is 534 g/mol. The number of phenolic OH excluding ortho intramolecular Hbond substituents is 1. The predicted molar refractivity (Wildman–Crippen MR) is 117 cm³/mol. The molecule has 3 N–H and O–H groups in total. The normalized spacial score (nSPS) is 11.6. The number of hydrazone groups is 1. The third-order valence-electron chi connectivity index (χ3n) is 3.79. The third kappa shape index (κ3) is 6.42. The molecular formula is C19H13BrClF3N4O2S. The van der Waals surface area contributed by atoms with Gasteiger partial charge in [-0.2, -0.15) is 18.3 Å². The molecule has 1 amide bonds. The molecule has 3 aromatic rings. The van der Waals surface area contributed by atoms with Gasteiger partial charge in [-0.3, -0.25) is 4.79 Å². The van der Waals surface area contributed by atoms with E-state index >= 15 is 0 Å². The number of alkyl halides is 3. The first-order valence-electron chi connectivity index (χ1n) is 8.50. The Balaban J connectivity index is 1.58. The summed E-state index contributed by atoms with van der Waals surface area (Å²) in [6.45, 7) is 0. The van der Waals surface area contributed by atoms with Crippen molar-refractivity contribution < 1.29 is 23.1 Å². The van der Waals surface area contributed by atoms with Gasteiger partial charge in [0.1, 0.15) is 5.75 Å². The molecule has 0 saturated heterocycles. The van der Waals surface area contributed by atoms with E-state index in [1.165, 1.54) is 24.4 Å². The molecule has 31 heavy (non-hydrogen) atoms. The SMILES string of the molecule is O=C(Cc1csc(Nc2cccc(C(F)(F)F)c2)n1)N/N=C\c1cc(Br)cc(Cl)c1O. The first kappa shape index (κ1) is 23.0. The lowest BCUT2D eigenvalue weighted by molar-refractivity contribution is -0.137. The number of aromatic hydroxyl groups is 1. The Morgan fingerprint density at radius 1 is 1.32 bits per heavy atom. The number of amides is 1. The molecular weight excluding hydrogens is 521 g/mol. The van der Waals surface area contributed by atoms with Crippen molar-refractivity contribution in [3.63, 3.8) is 0 Å². The number of rotatable bonds is 6. The third-order valence-corrected chi connectivity index (χ3v) is 5.34. The van der Waals surface area contributed by atoms with E-state index in [4.69, 9.17) is 11.6 Å². The molecule has 0 spiro atoms. The average Bonchev–Trinajstić information content (AvgIpc) is 3.11. The van der Waals surface area contributed by atoms with E-state index < -0.39 is 17.6 Å². The van der Waals surface area contributed by atoms with Crippen molar-refractivity contribution in [1.82, 2.24) is 10.4 Å². The van der Waals surface area contributed by atoms with Crippen LogP contribution in [0.4, 0.5) is 24.0 Å². The highest BCUT2D eigenvalue weighted by molar-refractivity contribution is 9.10. The molecule has 0 unspecified atom stereocenters. The molecule has 3 rings (SSSR count). The number of nitrogens with one attached hydrogen (secondary N) is 2. The second kappa shape index (κ2) is 9.67. The Kier molecular flexibility index (Phi) is 7.19. The van der Waals surface area contributed by atoms with Crippen LogP contribution >= 0.6 is 38.9 Å². The predicted octanol–water partition coefficient (Wildman–Crippen LogP) is 5.72. The monoisotopic (exact) mass is 532 g/mol. The smallest absolute Gasteiger partial charge is 0.416 e. The lowest BCUT2D eigenvalue weighted by Crippen LogP contribution is -2.20. The molecule has 0 fully saturated rings. The van der Waals surface area contributed by atoms with Gasteiger partial charge < -0.3 is 10.4 Å². The van der Waals surface area contributed by atoms with Crippen molar-refractivity contribution in [2.45, 2.75) is 12.6 Å². The molecule has 0 aliphatic heterocycles. The maximum absolute atomic E-state index is 12.8. The molecule has 1 heterocycles. The Hall–Kier alpha value is -2.63. The Morgan fingerprint density at radius 2 is 2.10 bits per heavy atom. The minimum Gasteiger partial charge on any atom is -0.506 e. The topological polar surface area (TPSA) is 86.6 Å². The molecule has 162 valence electrons. The lowest BCUT2D eigenvalue weighted by atomic mass is 10.2. The molecule has 0 saturated carbocycles. The molecule has 0 aliphatic rings. The minimum atomic E-state index is -4.44. The molecule has 12 heteroatoms. The highest BCUT2D eigenvalue weighted by Crippen LogP contribution is 2.32. The van der Waals surface area contributed by atoms with Crippen LogP contribution in [0.25, 0.3) is 0 Å². The molecule has 2 aromatic carbocycles. The molecule has 0 atom stereocenters. The van der Waals surface area contributed by atoms with E-state index in [0.29, 0.717) is 20.9 Å². The van der Waals surface area contributed by atoms with Crippen molar-refractivity contribution in [3.05, 3.63) is 68.1 Å². The number of hydrogen-bond acceptors (Lipinski definition) is 6. The van der Waals surface area contributed by atoms with Crippen LogP contribution in [-0.4, -0.2) is 22.2 Å². The number of carbonyl (C=O) groups excluding carboxylic acids is 1. The zero-order valence-electron chi connectivity index (χ0n) is 15.4. The van der Waals surface area contributed by atoms with Crippen LogP contribution in [0.1, 0.15) is 16.8 Å². The van der Waals surface area contributed by atoms with Crippen LogP contribution in [-0.2, 0) is 17.4 Å². The number of nitrogens with zero attached hydrogens (tertiary/aromatic N) is 2. The van der Waals surface area contributed by atoms with Crippen LogP contribution in [0.3, 0.4) is 0 Å². The number of thiazole rings is 1. The summed E-state index contributed by atoms with van der Waals surface area (Å²) in [7, 11) is 0. The summed E-state index contributed by atoms with van der Waals surface area (Å²) in [5.41, 5.74) is 2.49. The van der Waals surface area contributed by atoms with Crippen molar-refractivity contribution in [2.24, 2.45) is 5.10 Å². The largest absolute Gasteiger partial charge is 0.506 e. The highest BCUT2D eigenvalue weighted by atomic mass is 79.9. The minimum absolute atomic E-state index is 0.0939.